The Morgan fingerprint density at radius 3 is 2.43 bits per heavy atom. The average Bonchev–Trinajstić information content (AvgIpc) is 3.04. The number of amides is 1. The Hall–Kier alpha value is -1.17. The largest absolute Gasteiger partial charge is 0.335 e. The molecule has 0 bridgehead atoms. The molecular weight excluding hydrogens is 348 g/mol. The normalized spacial score (nSPS) is 16.1. The molecule has 5 heteroatoms. The van der Waals surface area contributed by atoms with E-state index >= 15 is 0 Å². The molecule has 1 aromatic heterocycles. The van der Waals surface area contributed by atoms with Crippen molar-refractivity contribution < 1.29 is 4.79 Å². The summed E-state index contributed by atoms with van der Waals surface area (Å²) in [7, 11) is 0. The molecule has 0 unspecified atom stereocenters. The lowest BCUT2D eigenvalue weighted by molar-refractivity contribution is 0.0633. The van der Waals surface area contributed by atoms with Gasteiger partial charge in [0.2, 0.25) is 0 Å². The molecule has 1 fully saturated rings. The molecule has 3 rings (SSSR count). The van der Waals surface area contributed by atoms with Crippen molar-refractivity contribution in [2.75, 3.05) is 26.2 Å². The molecule has 2 aromatic rings. The van der Waals surface area contributed by atoms with Gasteiger partial charge < -0.3 is 4.90 Å². The Morgan fingerprint density at radius 2 is 1.81 bits per heavy atom. The van der Waals surface area contributed by atoms with E-state index in [4.69, 9.17) is 0 Å². The van der Waals surface area contributed by atoms with Crippen molar-refractivity contribution >= 4 is 33.2 Å². The molecule has 0 N–H and O–H groups in total. The van der Waals surface area contributed by atoms with Crippen molar-refractivity contribution in [2.24, 2.45) is 0 Å². The number of hydrogen-bond donors (Lipinski definition) is 0. The Kier molecular flexibility index (Phi) is 4.73. The van der Waals surface area contributed by atoms with Crippen LogP contribution in [-0.4, -0.2) is 41.9 Å². The fraction of sp³-hybridized carbons (Fsp3) is 0.312. The highest BCUT2D eigenvalue weighted by Gasteiger charge is 2.22. The summed E-state index contributed by atoms with van der Waals surface area (Å²) in [6.45, 7) is 4.45. The van der Waals surface area contributed by atoms with Crippen molar-refractivity contribution in [2.45, 2.75) is 6.54 Å². The smallest absolute Gasteiger partial charge is 0.264 e. The SMILES string of the molecule is O=C(c1cccs1)N1CCN(Cc2ccc(Br)cc2)CC1. The molecule has 1 aliphatic heterocycles. The minimum atomic E-state index is 0.174. The predicted octanol–water partition coefficient (Wildman–Crippen LogP) is 3.47. The van der Waals surface area contributed by atoms with Crippen LogP contribution < -0.4 is 0 Å². The van der Waals surface area contributed by atoms with Crippen LogP contribution in [0, 0.1) is 0 Å². The Balaban J connectivity index is 1.53. The Morgan fingerprint density at radius 1 is 1.10 bits per heavy atom. The summed E-state index contributed by atoms with van der Waals surface area (Å²) in [6.07, 6.45) is 0. The van der Waals surface area contributed by atoms with Crippen LogP contribution in [0.25, 0.3) is 0 Å². The van der Waals surface area contributed by atoms with Crippen LogP contribution in [0.5, 0.6) is 0 Å². The highest BCUT2D eigenvalue weighted by atomic mass is 79.9. The molecule has 1 aliphatic rings. The zero-order valence-corrected chi connectivity index (χ0v) is 14.1. The molecular formula is C16H17BrN2OS. The minimum Gasteiger partial charge on any atom is -0.335 e. The molecule has 0 saturated carbocycles. The molecule has 0 radical (unpaired) electrons. The van der Waals surface area contributed by atoms with Crippen molar-refractivity contribution in [1.82, 2.24) is 9.80 Å². The molecule has 0 spiro atoms. The number of rotatable bonds is 3. The van der Waals surface area contributed by atoms with Gasteiger partial charge in [0, 0.05) is 37.2 Å². The second kappa shape index (κ2) is 6.73. The molecule has 0 aliphatic carbocycles. The summed E-state index contributed by atoms with van der Waals surface area (Å²) in [4.78, 5) is 17.5. The maximum absolute atomic E-state index is 12.3. The summed E-state index contributed by atoms with van der Waals surface area (Å²) in [5, 5.41) is 1.96. The maximum Gasteiger partial charge on any atom is 0.264 e. The number of hydrogen-bond acceptors (Lipinski definition) is 3. The van der Waals surface area contributed by atoms with Crippen LogP contribution in [0.2, 0.25) is 0 Å². The number of thiophene rings is 1. The van der Waals surface area contributed by atoms with Crippen LogP contribution in [0.3, 0.4) is 0 Å². The van der Waals surface area contributed by atoms with Crippen LogP contribution >= 0.6 is 27.3 Å². The van der Waals surface area contributed by atoms with Crippen molar-refractivity contribution in [3.05, 3.63) is 56.7 Å². The van der Waals surface area contributed by atoms with Gasteiger partial charge in [0.1, 0.15) is 0 Å². The molecule has 21 heavy (non-hydrogen) atoms. The van der Waals surface area contributed by atoms with Gasteiger partial charge >= 0.3 is 0 Å². The van der Waals surface area contributed by atoms with Crippen molar-refractivity contribution in [3.8, 4) is 0 Å². The molecule has 3 nitrogen and oxygen atoms in total. The number of carbonyl (C=O) groups excluding carboxylic acids is 1. The summed E-state index contributed by atoms with van der Waals surface area (Å²) < 4.78 is 1.11. The second-order valence-corrected chi connectivity index (χ2v) is 7.04. The topological polar surface area (TPSA) is 23.6 Å². The van der Waals surface area contributed by atoms with Crippen LogP contribution in [-0.2, 0) is 6.54 Å². The molecule has 1 saturated heterocycles. The lowest BCUT2D eigenvalue weighted by Crippen LogP contribution is -2.48. The predicted molar refractivity (Wildman–Crippen MR) is 89.6 cm³/mol. The van der Waals surface area contributed by atoms with Crippen LogP contribution in [0.1, 0.15) is 15.2 Å². The molecule has 110 valence electrons. The van der Waals surface area contributed by atoms with Gasteiger partial charge in [-0.25, -0.2) is 0 Å². The third kappa shape index (κ3) is 3.73. The number of benzene rings is 1. The fourth-order valence-corrected chi connectivity index (χ4v) is 3.47. The second-order valence-electron chi connectivity index (χ2n) is 5.17. The van der Waals surface area contributed by atoms with Gasteiger partial charge in [-0.15, -0.1) is 11.3 Å². The first kappa shape index (κ1) is 14.8. The van der Waals surface area contributed by atoms with Crippen LogP contribution in [0.4, 0.5) is 0 Å². The molecule has 1 aromatic carbocycles. The number of halogens is 1. The third-order valence-corrected chi connectivity index (χ3v) is 5.10. The van der Waals surface area contributed by atoms with Gasteiger partial charge in [0.25, 0.3) is 5.91 Å². The van der Waals surface area contributed by atoms with Gasteiger partial charge in [-0.3, -0.25) is 9.69 Å². The zero-order chi connectivity index (χ0) is 14.7. The van der Waals surface area contributed by atoms with E-state index in [-0.39, 0.29) is 5.91 Å². The zero-order valence-electron chi connectivity index (χ0n) is 11.7. The third-order valence-electron chi connectivity index (χ3n) is 3.71. The quantitative estimate of drug-likeness (QED) is 0.832. The lowest BCUT2D eigenvalue weighted by atomic mass is 10.2. The molecule has 1 amide bonds. The number of piperazine rings is 1. The minimum absolute atomic E-state index is 0.174. The summed E-state index contributed by atoms with van der Waals surface area (Å²) in [5.74, 6) is 0.174. The van der Waals surface area contributed by atoms with Gasteiger partial charge in [-0.1, -0.05) is 34.1 Å². The highest BCUT2D eigenvalue weighted by Crippen LogP contribution is 2.16. The van der Waals surface area contributed by atoms with E-state index in [1.54, 1.807) is 0 Å². The Labute approximate surface area is 137 Å². The monoisotopic (exact) mass is 364 g/mol. The first-order valence-electron chi connectivity index (χ1n) is 7.02. The first-order chi connectivity index (χ1) is 10.2. The van der Waals surface area contributed by atoms with E-state index in [1.165, 1.54) is 16.9 Å². The first-order valence-corrected chi connectivity index (χ1v) is 8.69. The molecule has 2 heterocycles. The number of nitrogens with zero attached hydrogens (tertiary/aromatic N) is 2. The van der Waals surface area contributed by atoms with E-state index in [1.807, 2.05) is 22.4 Å². The Bertz CT molecular complexity index is 589. The van der Waals surface area contributed by atoms with E-state index < -0.39 is 0 Å². The van der Waals surface area contributed by atoms with E-state index in [9.17, 15) is 4.79 Å². The van der Waals surface area contributed by atoms with E-state index in [0.717, 1.165) is 42.1 Å². The van der Waals surface area contributed by atoms with E-state index in [2.05, 4.69) is 45.1 Å². The summed E-state index contributed by atoms with van der Waals surface area (Å²) in [6, 6.07) is 12.3. The van der Waals surface area contributed by atoms with Crippen molar-refractivity contribution in [3.63, 3.8) is 0 Å². The van der Waals surface area contributed by atoms with Gasteiger partial charge in [-0.2, -0.15) is 0 Å². The van der Waals surface area contributed by atoms with Gasteiger partial charge in [-0.05, 0) is 29.1 Å². The standard InChI is InChI=1S/C16H17BrN2OS/c17-14-5-3-13(4-6-14)12-18-7-9-19(10-8-18)16(20)15-2-1-11-21-15/h1-6,11H,7-10,12H2. The highest BCUT2D eigenvalue weighted by molar-refractivity contribution is 9.10. The summed E-state index contributed by atoms with van der Waals surface area (Å²) in [5.41, 5.74) is 1.32. The van der Waals surface area contributed by atoms with Gasteiger partial charge in [0.05, 0.1) is 4.88 Å². The average molecular weight is 365 g/mol. The maximum atomic E-state index is 12.3. The van der Waals surface area contributed by atoms with Crippen molar-refractivity contribution in [1.29, 1.82) is 0 Å². The van der Waals surface area contributed by atoms with Gasteiger partial charge in [0.15, 0.2) is 0 Å². The van der Waals surface area contributed by atoms with E-state index in [0.29, 0.717) is 0 Å². The fourth-order valence-electron chi connectivity index (χ4n) is 2.51. The van der Waals surface area contributed by atoms with Crippen LogP contribution in [0.15, 0.2) is 46.3 Å². The lowest BCUT2D eigenvalue weighted by Gasteiger charge is -2.34. The summed E-state index contributed by atoms with van der Waals surface area (Å²) >= 11 is 4.98. The molecule has 0 atom stereocenters. The number of carbonyl (C=O) groups is 1.